The number of hydrogen-bond donors (Lipinski definition) is 0. The van der Waals surface area contributed by atoms with Crippen molar-refractivity contribution < 1.29 is 19.1 Å². The Morgan fingerprint density at radius 3 is 2.74 bits per heavy atom. The number of methoxy groups -OCH3 is 1. The van der Waals surface area contributed by atoms with Gasteiger partial charge >= 0.3 is 6.09 Å². The van der Waals surface area contributed by atoms with Crippen LogP contribution in [-0.2, 0) is 9.53 Å². The van der Waals surface area contributed by atoms with Crippen LogP contribution in [0.1, 0.15) is 30.9 Å². The topological polar surface area (TPSA) is 59.1 Å². The predicted molar refractivity (Wildman–Crippen MR) is 84.2 cm³/mol. The third kappa shape index (κ3) is 3.41. The van der Waals surface area contributed by atoms with Crippen molar-refractivity contribution in [1.82, 2.24) is 9.80 Å². The van der Waals surface area contributed by atoms with E-state index >= 15 is 0 Å². The van der Waals surface area contributed by atoms with E-state index in [9.17, 15) is 9.59 Å². The molecule has 0 spiro atoms. The first-order chi connectivity index (χ1) is 11.2. The van der Waals surface area contributed by atoms with Gasteiger partial charge in [-0.1, -0.05) is 12.1 Å². The van der Waals surface area contributed by atoms with Gasteiger partial charge in [0.15, 0.2) is 0 Å². The number of rotatable bonds is 5. The van der Waals surface area contributed by atoms with Crippen LogP contribution in [0, 0.1) is 0 Å². The first-order valence-corrected chi connectivity index (χ1v) is 8.04. The summed E-state index contributed by atoms with van der Waals surface area (Å²) in [7, 11) is 1.64. The highest BCUT2D eigenvalue weighted by molar-refractivity contribution is 5.78. The highest BCUT2D eigenvalue weighted by Gasteiger charge is 2.31. The molecule has 6 nitrogen and oxygen atoms in total. The van der Waals surface area contributed by atoms with Gasteiger partial charge in [0.1, 0.15) is 12.4 Å². The molecule has 124 valence electrons. The lowest BCUT2D eigenvalue weighted by Crippen LogP contribution is -2.34. The van der Waals surface area contributed by atoms with Crippen molar-refractivity contribution >= 4 is 12.0 Å². The minimum atomic E-state index is -0.314. The average molecular weight is 318 g/mol. The standard InChI is InChI=1S/C17H22N2O4/c1-22-14-6-4-13(5-7-14)15-3-2-9-19(15)16(20)8-10-18-11-12-23-17(18)21/h4-7,15H,2-3,8-12H2,1H3/t15-/m1/s1. The molecule has 23 heavy (non-hydrogen) atoms. The maximum absolute atomic E-state index is 12.5. The Labute approximate surface area is 136 Å². The number of amides is 2. The molecule has 0 radical (unpaired) electrons. The number of carbonyl (C=O) groups excluding carboxylic acids is 2. The van der Waals surface area contributed by atoms with E-state index in [2.05, 4.69) is 0 Å². The van der Waals surface area contributed by atoms with Crippen LogP contribution < -0.4 is 4.74 Å². The minimum absolute atomic E-state index is 0.100. The number of benzene rings is 1. The van der Waals surface area contributed by atoms with Gasteiger partial charge in [-0.15, -0.1) is 0 Å². The van der Waals surface area contributed by atoms with Gasteiger partial charge in [0.2, 0.25) is 5.91 Å². The predicted octanol–water partition coefficient (Wildman–Crippen LogP) is 2.20. The Kier molecular flexibility index (Phi) is 4.69. The van der Waals surface area contributed by atoms with E-state index in [-0.39, 0.29) is 18.0 Å². The summed E-state index contributed by atoms with van der Waals surface area (Å²) in [5, 5.41) is 0. The van der Waals surface area contributed by atoms with Crippen LogP contribution in [-0.4, -0.2) is 55.2 Å². The second kappa shape index (κ2) is 6.89. The lowest BCUT2D eigenvalue weighted by Gasteiger charge is -2.26. The van der Waals surface area contributed by atoms with Gasteiger partial charge in [-0.05, 0) is 30.5 Å². The van der Waals surface area contributed by atoms with Gasteiger partial charge in [-0.25, -0.2) is 4.79 Å². The zero-order valence-corrected chi connectivity index (χ0v) is 13.4. The molecule has 1 atom stereocenters. The molecule has 3 rings (SSSR count). The summed E-state index contributed by atoms with van der Waals surface area (Å²) in [6.07, 6.45) is 2.02. The van der Waals surface area contributed by atoms with Crippen LogP contribution in [0.25, 0.3) is 0 Å². The molecule has 1 aromatic rings. The lowest BCUT2D eigenvalue weighted by molar-refractivity contribution is -0.132. The van der Waals surface area contributed by atoms with Crippen LogP contribution >= 0.6 is 0 Å². The Balaban J connectivity index is 1.61. The summed E-state index contributed by atoms with van der Waals surface area (Å²) in [6.45, 7) is 2.21. The third-order valence-corrected chi connectivity index (χ3v) is 4.51. The van der Waals surface area contributed by atoms with E-state index in [4.69, 9.17) is 9.47 Å². The van der Waals surface area contributed by atoms with Crippen LogP contribution in [0.3, 0.4) is 0 Å². The number of nitrogens with zero attached hydrogens (tertiary/aromatic N) is 2. The average Bonchev–Trinajstić information content (AvgIpc) is 3.22. The molecule has 6 heteroatoms. The van der Waals surface area contributed by atoms with Crippen molar-refractivity contribution in [2.24, 2.45) is 0 Å². The summed E-state index contributed by atoms with van der Waals surface area (Å²) in [5.41, 5.74) is 1.14. The fourth-order valence-electron chi connectivity index (χ4n) is 3.24. The molecule has 0 unspecified atom stereocenters. The summed E-state index contributed by atoms with van der Waals surface area (Å²) >= 11 is 0. The molecule has 1 aromatic carbocycles. The normalized spacial score (nSPS) is 20.7. The van der Waals surface area contributed by atoms with Gasteiger partial charge in [0.05, 0.1) is 19.7 Å². The van der Waals surface area contributed by atoms with Crippen molar-refractivity contribution in [2.45, 2.75) is 25.3 Å². The van der Waals surface area contributed by atoms with Crippen LogP contribution in [0.4, 0.5) is 4.79 Å². The van der Waals surface area contributed by atoms with E-state index in [1.807, 2.05) is 29.2 Å². The second-order valence-electron chi connectivity index (χ2n) is 5.87. The van der Waals surface area contributed by atoms with Gasteiger partial charge in [-0.2, -0.15) is 0 Å². The molecule has 2 heterocycles. The highest BCUT2D eigenvalue weighted by Crippen LogP contribution is 2.33. The maximum atomic E-state index is 12.5. The SMILES string of the molecule is COc1ccc([C@H]2CCCN2C(=O)CCN2CCOC2=O)cc1. The number of likely N-dealkylation sites (tertiary alicyclic amines) is 1. The highest BCUT2D eigenvalue weighted by atomic mass is 16.6. The maximum Gasteiger partial charge on any atom is 0.409 e. The van der Waals surface area contributed by atoms with Gasteiger partial charge in [-0.3, -0.25) is 4.79 Å². The van der Waals surface area contributed by atoms with Crippen molar-refractivity contribution in [3.63, 3.8) is 0 Å². The molecule has 2 aliphatic rings. The molecule has 2 fully saturated rings. The van der Waals surface area contributed by atoms with E-state index in [0.29, 0.717) is 26.1 Å². The fraction of sp³-hybridized carbons (Fsp3) is 0.529. The summed E-state index contributed by atoms with van der Waals surface area (Å²) in [4.78, 5) is 27.5. The summed E-state index contributed by atoms with van der Waals surface area (Å²) < 4.78 is 10.1. The van der Waals surface area contributed by atoms with E-state index in [1.165, 1.54) is 0 Å². The molecule has 0 bridgehead atoms. The minimum Gasteiger partial charge on any atom is -0.497 e. The Bertz CT molecular complexity index is 572. The molecular formula is C17H22N2O4. The van der Waals surface area contributed by atoms with E-state index in [0.717, 1.165) is 30.7 Å². The van der Waals surface area contributed by atoms with Crippen molar-refractivity contribution in [1.29, 1.82) is 0 Å². The van der Waals surface area contributed by atoms with Gasteiger partial charge in [0.25, 0.3) is 0 Å². The Morgan fingerprint density at radius 2 is 2.09 bits per heavy atom. The number of hydrogen-bond acceptors (Lipinski definition) is 4. The molecule has 2 saturated heterocycles. The van der Waals surface area contributed by atoms with E-state index in [1.54, 1.807) is 12.0 Å². The largest absolute Gasteiger partial charge is 0.497 e. The molecule has 0 aliphatic carbocycles. The number of cyclic esters (lactones) is 1. The van der Waals surface area contributed by atoms with E-state index < -0.39 is 0 Å². The zero-order valence-electron chi connectivity index (χ0n) is 13.4. The van der Waals surface area contributed by atoms with Crippen molar-refractivity contribution in [2.75, 3.05) is 33.4 Å². The molecule has 2 aliphatic heterocycles. The zero-order chi connectivity index (χ0) is 16.2. The Hall–Kier alpha value is -2.24. The second-order valence-corrected chi connectivity index (χ2v) is 5.87. The summed E-state index contributed by atoms with van der Waals surface area (Å²) in [5.74, 6) is 0.917. The molecule has 0 saturated carbocycles. The third-order valence-electron chi connectivity index (χ3n) is 4.51. The lowest BCUT2D eigenvalue weighted by atomic mass is 10.0. The monoisotopic (exact) mass is 318 g/mol. The Morgan fingerprint density at radius 1 is 1.30 bits per heavy atom. The fourth-order valence-corrected chi connectivity index (χ4v) is 3.24. The van der Waals surface area contributed by atoms with Crippen molar-refractivity contribution in [3.05, 3.63) is 29.8 Å². The van der Waals surface area contributed by atoms with Crippen molar-refractivity contribution in [3.8, 4) is 5.75 Å². The van der Waals surface area contributed by atoms with Crippen LogP contribution in [0.5, 0.6) is 5.75 Å². The van der Waals surface area contributed by atoms with Gasteiger partial charge < -0.3 is 19.3 Å². The first-order valence-electron chi connectivity index (χ1n) is 8.04. The van der Waals surface area contributed by atoms with Crippen LogP contribution in [0.15, 0.2) is 24.3 Å². The van der Waals surface area contributed by atoms with Gasteiger partial charge in [0, 0.05) is 19.5 Å². The molecule has 0 aromatic heterocycles. The smallest absolute Gasteiger partial charge is 0.409 e. The molecular weight excluding hydrogens is 296 g/mol. The molecule has 0 N–H and O–H groups in total. The first kappa shape index (κ1) is 15.6. The molecule has 2 amide bonds. The number of carbonyl (C=O) groups is 2. The summed E-state index contributed by atoms with van der Waals surface area (Å²) in [6, 6.07) is 8.02. The quantitative estimate of drug-likeness (QED) is 0.835. The number of ether oxygens (including phenoxy) is 2. The van der Waals surface area contributed by atoms with Crippen LogP contribution in [0.2, 0.25) is 0 Å².